The molecule has 4 aromatic rings. The smallest absolute Gasteiger partial charge is 0.229 e. The van der Waals surface area contributed by atoms with Gasteiger partial charge in [-0.15, -0.1) is 11.3 Å². The number of anilines is 2. The van der Waals surface area contributed by atoms with Crippen LogP contribution in [0.4, 0.5) is 11.6 Å². The number of aldehydes is 1. The van der Waals surface area contributed by atoms with Crippen molar-refractivity contribution in [3.05, 3.63) is 53.5 Å². The number of nitrogens with zero attached hydrogens (tertiary/aromatic N) is 3. The van der Waals surface area contributed by atoms with Gasteiger partial charge in [0.25, 0.3) is 0 Å². The van der Waals surface area contributed by atoms with Crippen molar-refractivity contribution in [1.82, 2.24) is 19.9 Å². The molecule has 1 saturated heterocycles. The van der Waals surface area contributed by atoms with E-state index in [4.69, 9.17) is 9.72 Å². The van der Waals surface area contributed by atoms with Crippen LogP contribution >= 0.6 is 11.3 Å². The van der Waals surface area contributed by atoms with E-state index >= 15 is 0 Å². The van der Waals surface area contributed by atoms with Gasteiger partial charge < -0.3 is 15.0 Å². The zero-order chi connectivity index (χ0) is 21.0. The fourth-order valence-corrected chi connectivity index (χ4v) is 4.62. The molecule has 0 saturated carbocycles. The van der Waals surface area contributed by atoms with Crippen LogP contribution in [0.1, 0.15) is 22.5 Å². The van der Waals surface area contributed by atoms with E-state index < -0.39 is 0 Å². The molecule has 0 spiro atoms. The minimum atomic E-state index is 0.494. The highest BCUT2D eigenvalue weighted by Gasteiger charge is 2.14. The monoisotopic (exact) mass is 433 g/mol. The molecule has 2 N–H and O–H groups in total. The van der Waals surface area contributed by atoms with Gasteiger partial charge >= 0.3 is 0 Å². The molecule has 158 valence electrons. The summed E-state index contributed by atoms with van der Waals surface area (Å²) in [6.45, 7) is 4.04. The lowest BCUT2D eigenvalue weighted by Crippen LogP contribution is -2.25. The highest BCUT2D eigenvalue weighted by atomic mass is 32.1. The Balaban J connectivity index is 1.30. The highest BCUT2D eigenvalue weighted by molar-refractivity contribution is 7.17. The quantitative estimate of drug-likeness (QED) is 0.391. The van der Waals surface area contributed by atoms with E-state index in [1.54, 1.807) is 0 Å². The second kappa shape index (κ2) is 8.87. The van der Waals surface area contributed by atoms with Gasteiger partial charge in [-0.3, -0.25) is 9.69 Å². The first kappa shape index (κ1) is 19.7. The molecule has 1 fully saturated rings. The number of aromatic amines is 1. The molecule has 0 radical (unpaired) electrons. The minimum absolute atomic E-state index is 0.494. The van der Waals surface area contributed by atoms with E-state index in [0.717, 1.165) is 45.9 Å². The van der Waals surface area contributed by atoms with Crippen LogP contribution in [0.2, 0.25) is 0 Å². The molecule has 1 aromatic carbocycles. The molecule has 8 heteroatoms. The summed E-state index contributed by atoms with van der Waals surface area (Å²) in [7, 11) is 0. The van der Waals surface area contributed by atoms with Gasteiger partial charge in [0.2, 0.25) is 5.95 Å². The number of ether oxygens (including phenoxy) is 1. The average molecular weight is 434 g/mol. The third-order valence-corrected chi connectivity index (χ3v) is 6.39. The Bertz CT molecular complexity index is 1180. The minimum Gasteiger partial charge on any atom is -0.492 e. The Hall–Kier alpha value is -3.23. The number of thiophene rings is 1. The summed E-state index contributed by atoms with van der Waals surface area (Å²) >= 11 is 1.42. The number of fused-ring (bicyclic) bond motifs is 1. The van der Waals surface area contributed by atoms with E-state index in [1.165, 1.54) is 37.3 Å². The number of carbonyl (C=O) groups excluding carboxylic acids is 1. The number of nitrogens with one attached hydrogen (secondary N) is 2. The van der Waals surface area contributed by atoms with Crippen molar-refractivity contribution in [2.45, 2.75) is 12.8 Å². The third-order valence-electron chi connectivity index (χ3n) is 5.38. The molecule has 5 rings (SSSR count). The normalized spacial score (nSPS) is 14.2. The molecule has 31 heavy (non-hydrogen) atoms. The lowest BCUT2D eigenvalue weighted by Gasteiger charge is -2.15. The Morgan fingerprint density at radius 3 is 2.71 bits per heavy atom. The summed E-state index contributed by atoms with van der Waals surface area (Å²) in [5.41, 5.74) is 2.42. The zero-order valence-corrected chi connectivity index (χ0v) is 17.8. The van der Waals surface area contributed by atoms with E-state index in [0.29, 0.717) is 17.4 Å². The lowest BCUT2D eigenvalue weighted by atomic mass is 10.2. The molecule has 1 aliphatic rings. The van der Waals surface area contributed by atoms with E-state index in [2.05, 4.69) is 20.2 Å². The SMILES string of the molecule is O=Cc1ccc(-c2nc(Nc3ccc(OCCN4CCCC4)cc3)nc3[nH]ccc23)s1. The summed E-state index contributed by atoms with van der Waals surface area (Å²) in [5, 5.41) is 4.20. The number of carbonyl (C=O) groups is 1. The summed E-state index contributed by atoms with van der Waals surface area (Å²) < 4.78 is 5.88. The van der Waals surface area contributed by atoms with Gasteiger partial charge in [0.1, 0.15) is 18.0 Å². The molecule has 0 atom stereocenters. The van der Waals surface area contributed by atoms with Crippen LogP contribution in [0.5, 0.6) is 5.75 Å². The zero-order valence-electron chi connectivity index (χ0n) is 17.0. The fraction of sp³-hybridized carbons (Fsp3) is 0.261. The molecule has 0 unspecified atom stereocenters. The van der Waals surface area contributed by atoms with Crippen LogP contribution in [-0.4, -0.2) is 52.4 Å². The second-order valence-electron chi connectivity index (χ2n) is 7.50. The van der Waals surface area contributed by atoms with Gasteiger partial charge in [-0.1, -0.05) is 0 Å². The Kier molecular flexibility index (Phi) is 5.64. The number of benzene rings is 1. The predicted molar refractivity (Wildman–Crippen MR) is 123 cm³/mol. The highest BCUT2D eigenvalue weighted by Crippen LogP contribution is 2.32. The Morgan fingerprint density at radius 2 is 1.94 bits per heavy atom. The van der Waals surface area contributed by atoms with E-state index in [1.807, 2.05) is 48.7 Å². The summed E-state index contributed by atoms with van der Waals surface area (Å²) in [4.78, 5) is 27.6. The molecule has 0 aliphatic carbocycles. The van der Waals surface area contributed by atoms with Crippen LogP contribution in [0.15, 0.2) is 48.7 Å². The van der Waals surface area contributed by atoms with Crippen molar-refractivity contribution in [3.8, 4) is 16.3 Å². The maximum absolute atomic E-state index is 11.1. The van der Waals surface area contributed by atoms with Crippen molar-refractivity contribution < 1.29 is 9.53 Å². The molecule has 3 aromatic heterocycles. The van der Waals surface area contributed by atoms with Crippen molar-refractivity contribution in [2.75, 3.05) is 31.6 Å². The van der Waals surface area contributed by atoms with Gasteiger partial charge in [-0.25, -0.2) is 4.98 Å². The average Bonchev–Trinajstić information content (AvgIpc) is 3.56. The summed E-state index contributed by atoms with van der Waals surface area (Å²) in [6.07, 6.45) is 5.29. The van der Waals surface area contributed by atoms with Crippen molar-refractivity contribution >= 4 is 40.3 Å². The van der Waals surface area contributed by atoms with Crippen molar-refractivity contribution in [3.63, 3.8) is 0 Å². The largest absolute Gasteiger partial charge is 0.492 e. The van der Waals surface area contributed by atoms with Gasteiger partial charge in [0.15, 0.2) is 6.29 Å². The van der Waals surface area contributed by atoms with Crippen LogP contribution in [0.25, 0.3) is 21.6 Å². The number of H-pyrrole nitrogens is 1. The molecular weight excluding hydrogens is 410 g/mol. The third kappa shape index (κ3) is 4.45. The Morgan fingerprint density at radius 1 is 1.10 bits per heavy atom. The topological polar surface area (TPSA) is 83.1 Å². The van der Waals surface area contributed by atoms with Gasteiger partial charge in [0.05, 0.1) is 15.4 Å². The van der Waals surface area contributed by atoms with Crippen molar-refractivity contribution in [1.29, 1.82) is 0 Å². The molecule has 4 heterocycles. The van der Waals surface area contributed by atoms with Crippen LogP contribution in [0, 0.1) is 0 Å². The second-order valence-corrected chi connectivity index (χ2v) is 8.62. The first-order chi connectivity index (χ1) is 15.3. The predicted octanol–water partition coefficient (Wildman–Crippen LogP) is 4.72. The number of aromatic nitrogens is 3. The van der Waals surface area contributed by atoms with Crippen molar-refractivity contribution in [2.24, 2.45) is 0 Å². The Labute approximate surface area is 184 Å². The maximum atomic E-state index is 11.1. The number of hydrogen-bond acceptors (Lipinski definition) is 7. The molecule has 0 bridgehead atoms. The number of likely N-dealkylation sites (tertiary alicyclic amines) is 1. The lowest BCUT2D eigenvalue weighted by molar-refractivity contribution is 0.112. The fourth-order valence-electron chi connectivity index (χ4n) is 3.79. The molecular formula is C23H23N5O2S. The molecule has 1 aliphatic heterocycles. The first-order valence-electron chi connectivity index (χ1n) is 10.4. The van der Waals surface area contributed by atoms with Gasteiger partial charge in [-0.05, 0) is 68.4 Å². The number of rotatable bonds is 8. The first-order valence-corrected chi connectivity index (χ1v) is 11.2. The number of hydrogen-bond donors (Lipinski definition) is 2. The molecule has 7 nitrogen and oxygen atoms in total. The van der Waals surface area contributed by atoms with Gasteiger partial charge in [0, 0.05) is 23.8 Å². The molecule has 0 amide bonds. The van der Waals surface area contributed by atoms with Crippen LogP contribution in [0.3, 0.4) is 0 Å². The van der Waals surface area contributed by atoms with E-state index in [-0.39, 0.29) is 0 Å². The standard InChI is InChI=1S/C23H23N5O2S/c29-15-18-7-8-20(31-18)21-19-9-10-24-22(19)27-23(26-21)25-16-3-5-17(6-4-16)30-14-13-28-11-1-2-12-28/h3-10,15H,1-2,11-14H2,(H2,24,25,26,27). The maximum Gasteiger partial charge on any atom is 0.229 e. The van der Waals surface area contributed by atoms with Crippen LogP contribution < -0.4 is 10.1 Å². The van der Waals surface area contributed by atoms with Crippen LogP contribution in [-0.2, 0) is 0 Å². The summed E-state index contributed by atoms with van der Waals surface area (Å²) in [5.74, 6) is 1.35. The van der Waals surface area contributed by atoms with E-state index in [9.17, 15) is 4.79 Å². The van der Waals surface area contributed by atoms with Gasteiger partial charge in [-0.2, -0.15) is 4.98 Å². The summed E-state index contributed by atoms with van der Waals surface area (Å²) in [6, 6.07) is 13.5.